The lowest BCUT2D eigenvalue weighted by Crippen LogP contribution is -2.29. The number of nitrogens with zero attached hydrogens (tertiary/aromatic N) is 5. The first-order valence-electron chi connectivity index (χ1n) is 12.3. The van der Waals surface area contributed by atoms with Crippen molar-refractivity contribution in [2.45, 2.75) is 38.3 Å². The van der Waals surface area contributed by atoms with Crippen LogP contribution in [0.1, 0.15) is 43.4 Å². The van der Waals surface area contributed by atoms with Crippen LogP contribution < -0.4 is 14.7 Å². The molecule has 3 aromatic rings. The second-order valence-electron chi connectivity index (χ2n) is 9.20. The smallest absolute Gasteiger partial charge is 0.321 e. The number of benzene rings is 1. The van der Waals surface area contributed by atoms with E-state index in [4.69, 9.17) is 9.47 Å². The zero-order valence-corrected chi connectivity index (χ0v) is 21.5. The van der Waals surface area contributed by atoms with Gasteiger partial charge in [-0.15, -0.1) is 0 Å². The van der Waals surface area contributed by atoms with E-state index in [2.05, 4.69) is 14.4 Å². The Labute approximate surface area is 215 Å². The zero-order valence-electron chi connectivity index (χ0n) is 20.7. The first kappa shape index (κ1) is 25.4. The molecule has 10 nitrogen and oxygen atoms in total. The minimum absolute atomic E-state index is 0.0671. The highest BCUT2D eigenvalue weighted by molar-refractivity contribution is 7.87. The van der Waals surface area contributed by atoms with E-state index in [1.165, 1.54) is 29.9 Å². The van der Waals surface area contributed by atoms with Gasteiger partial charge in [-0.1, -0.05) is 6.92 Å². The van der Waals surface area contributed by atoms with Crippen LogP contribution in [0.3, 0.4) is 0 Å². The van der Waals surface area contributed by atoms with Gasteiger partial charge in [0.05, 0.1) is 31.0 Å². The summed E-state index contributed by atoms with van der Waals surface area (Å²) in [5, 5.41) is 17.0. The van der Waals surface area contributed by atoms with Crippen LogP contribution >= 0.6 is 0 Å². The molecule has 2 atom stereocenters. The molecule has 0 N–H and O–H groups in total. The molecule has 37 heavy (non-hydrogen) atoms. The maximum absolute atomic E-state index is 14.4. The molecule has 0 radical (unpaired) electrons. The molecule has 0 saturated carbocycles. The maximum Gasteiger partial charge on any atom is 0.321 e. The minimum Gasteiger partial charge on any atom is -0.857 e. The topological polar surface area (TPSA) is 112 Å². The Bertz CT molecular complexity index is 1420. The zero-order chi connectivity index (χ0) is 26.2. The normalized spacial score (nSPS) is 20.9. The molecule has 1 aromatic carbocycles. The van der Waals surface area contributed by atoms with Crippen molar-refractivity contribution in [3.8, 4) is 5.75 Å². The van der Waals surface area contributed by atoms with E-state index in [9.17, 15) is 17.9 Å². The summed E-state index contributed by atoms with van der Waals surface area (Å²) < 4.78 is 56.6. The number of halogens is 1. The van der Waals surface area contributed by atoms with Gasteiger partial charge in [-0.3, -0.25) is 0 Å². The largest absolute Gasteiger partial charge is 0.857 e. The Morgan fingerprint density at radius 2 is 2.16 bits per heavy atom. The molecule has 2 saturated heterocycles. The van der Waals surface area contributed by atoms with Gasteiger partial charge in [0, 0.05) is 55.5 Å². The van der Waals surface area contributed by atoms with Gasteiger partial charge >= 0.3 is 10.2 Å². The number of aromatic nitrogens is 2. The first-order valence-corrected chi connectivity index (χ1v) is 13.7. The van der Waals surface area contributed by atoms with Crippen LogP contribution in [0.5, 0.6) is 5.75 Å². The third-order valence-corrected chi connectivity index (χ3v) is 8.31. The molecule has 0 spiro atoms. The minimum atomic E-state index is -4.09. The van der Waals surface area contributed by atoms with Crippen molar-refractivity contribution < 1.29 is 27.4 Å². The van der Waals surface area contributed by atoms with Crippen LogP contribution in [0.2, 0.25) is 0 Å². The van der Waals surface area contributed by atoms with Crippen molar-refractivity contribution in [1.82, 2.24) is 13.9 Å². The summed E-state index contributed by atoms with van der Waals surface area (Å²) in [4.78, 5) is 2.15. The van der Waals surface area contributed by atoms with E-state index in [0.717, 1.165) is 41.4 Å². The van der Waals surface area contributed by atoms with Gasteiger partial charge in [-0.05, 0) is 43.2 Å². The quantitative estimate of drug-likeness (QED) is 0.324. The van der Waals surface area contributed by atoms with Crippen LogP contribution in [0, 0.1) is 5.82 Å². The molecule has 4 heterocycles. The van der Waals surface area contributed by atoms with Crippen LogP contribution in [0.25, 0.3) is 5.52 Å². The lowest BCUT2D eigenvalue weighted by atomic mass is 10.0. The molecule has 12 heteroatoms. The summed E-state index contributed by atoms with van der Waals surface area (Å²) in [6.07, 6.45) is 5.43. The van der Waals surface area contributed by atoms with E-state index in [-0.39, 0.29) is 30.1 Å². The Morgan fingerprint density at radius 1 is 1.32 bits per heavy atom. The van der Waals surface area contributed by atoms with Gasteiger partial charge in [0.2, 0.25) is 0 Å². The van der Waals surface area contributed by atoms with Gasteiger partial charge in [0.1, 0.15) is 17.7 Å². The molecule has 1 unspecified atom stereocenters. The molecule has 2 aliphatic rings. The van der Waals surface area contributed by atoms with Gasteiger partial charge in [0.15, 0.2) is 0 Å². The fraction of sp³-hybridized carbons (Fsp3) is 0.440. The Kier molecular flexibility index (Phi) is 7.06. The van der Waals surface area contributed by atoms with Crippen LogP contribution in [-0.4, -0.2) is 67.7 Å². The molecule has 0 aliphatic carbocycles. The Hall–Kier alpha value is -3.22. The predicted octanol–water partition coefficient (Wildman–Crippen LogP) is 2.29. The average Bonchev–Trinajstić information content (AvgIpc) is 3.64. The van der Waals surface area contributed by atoms with Crippen LogP contribution in [-0.2, 0) is 14.9 Å². The second-order valence-corrected chi connectivity index (χ2v) is 10.9. The molecule has 2 aromatic heterocycles. The van der Waals surface area contributed by atoms with E-state index in [1.807, 2.05) is 6.07 Å². The highest BCUT2D eigenvalue weighted by Gasteiger charge is 2.31. The summed E-state index contributed by atoms with van der Waals surface area (Å²) in [7, 11) is -2.73. The third kappa shape index (κ3) is 5.13. The molecule has 198 valence electrons. The van der Waals surface area contributed by atoms with E-state index >= 15 is 0 Å². The molecule has 5 rings (SSSR count). The highest BCUT2D eigenvalue weighted by Crippen LogP contribution is 2.41. The Morgan fingerprint density at radius 3 is 2.92 bits per heavy atom. The fourth-order valence-electron chi connectivity index (χ4n) is 4.77. The summed E-state index contributed by atoms with van der Waals surface area (Å²) in [5.74, 6) is -0.583. The van der Waals surface area contributed by atoms with Crippen molar-refractivity contribution in [1.29, 1.82) is 0 Å². The molecule has 2 aliphatic heterocycles. The number of rotatable bonds is 8. The van der Waals surface area contributed by atoms with Crippen LogP contribution in [0.4, 0.5) is 10.1 Å². The summed E-state index contributed by atoms with van der Waals surface area (Å²) in [6, 6.07) is 8.11. The maximum atomic E-state index is 14.4. The van der Waals surface area contributed by atoms with Crippen LogP contribution in [0.15, 0.2) is 47.1 Å². The molecule has 0 amide bonds. The van der Waals surface area contributed by atoms with Crippen molar-refractivity contribution in [2.24, 2.45) is 4.40 Å². The second kappa shape index (κ2) is 10.3. The number of ether oxygens (including phenoxy) is 2. The van der Waals surface area contributed by atoms with Gasteiger partial charge < -0.3 is 19.5 Å². The lowest BCUT2D eigenvalue weighted by molar-refractivity contribution is -0.212. The van der Waals surface area contributed by atoms with Crippen molar-refractivity contribution >= 4 is 27.3 Å². The number of fused-ring (bicyclic) bond motifs is 1. The van der Waals surface area contributed by atoms with E-state index in [0.29, 0.717) is 24.5 Å². The SMILES string of the molecule is CCN(C)S(=O)(=O)/N=C(\[O-])c1cnn2ccc(N3CCC[C@@H]3c3cc(F)ccc3OC3CCOC3)cc12. The molecule has 0 bridgehead atoms. The monoisotopic (exact) mass is 530 g/mol. The van der Waals surface area contributed by atoms with E-state index in [1.54, 1.807) is 25.3 Å². The third-order valence-electron chi connectivity index (χ3n) is 6.87. The molecule has 2 fully saturated rings. The average molecular weight is 531 g/mol. The van der Waals surface area contributed by atoms with Crippen molar-refractivity contribution in [2.75, 3.05) is 38.3 Å². The van der Waals surface area contributed by atoms with Gasteiger partial charge in [-0.2, -0.15) is 22.2 Å². The number of anilines is 1. The lowest BCUT2D eigenvalue weighted by Gasteiger charge is -2.29. The number of hydrogen-bond donors (Lipinski definition) is 0. The molecular formula is C25H29FN5O5S-. The molecular weight excluding hydrogens is 501 g/mol. The summed E-state index contributed by atoms with van der Waals surface area (Å²) in [6.45, 7) is 3.72. The van der Waals surface area contributed by atoms with Gasteiger partial charge in [-0.25, -0.2) is 8.91 Å². The summed E-state index contributed by atoms with van der Waals surface area (Å²) in [5.41, 5.74) is 2.09. The Balaban J connectivity index is 1.49. The number of hydrogen-bond acceptors (Lipinski definition) is 7. The van der Waals surface area contributed by atoms with E-state index < -0.39 is 16.1 Å². The first-order chi connectivity index (χ1) is 17.8. The fourth-order valence-corrected chi connectivity index (χ4v) is 5.54. The number of pyridine rings is 1. The van der Waals surface area contributed by atoms with Gasteiger partial charge in [0.25, 0.3) is 0 Å². The standard InChI is InChI=1S/C25H30FN5O5S/c1-3-29(2)37(33,34)28-25(32)21-15-27-31-11-8-18(14-23(21)31)30-10-4-5-22(30)20-13-17(26)6-7-24(20)36-19-9-12-35-16-19/h6-8,11,13-15,19,22H,3-5,9-10,12,16H2,1-2H3,(H,28,32)/p-1/t19?,22-/m1/s1. The highest BCUT2D eigenvalue weighted by atomic mass is 32.2. The summed E-state index contributed by atoms with van der Waals surface area (Å²) >= 11 is 0. The van der Waals surface area contributed by atoms with Crippen molar-refractivity contribution in [3.63, 3.8) is 0 Å². The predicted molar refractivity (Wildman–Crippen MR) is 135 cm³/mol. The van der Waals surface area contributed by atoms with Crippen molar-refractivity contribution in [3.05, 3.63) is 59.7 Å².